The zero-order chi connectivity index (χ0) is 18.4. The van der Waals surface area contributed by atoms with Crippen molar-refractivity contribution in [2.45, 2.75) is 32.9 Å². The number of benzene rings is 1. The number of likely N-dealkylation sites (tertiary alicyclic amines) is 1. The van der Waals surface area contributed by atoms with Gasteiger partial charge in [0.15, 0.2) is 5.96 Å². The molecule has 1 aliphatic heterocycles. The highest BCUT2D eigenvalue weighted by Crippen LogP contribution is 2.21. The van der Waals surface area contributed by atoms with Crippen LogP contribution in [0.2, 0.25) is 0 Å². The van der Waals surface area contributed by atoms with Crippen LogP contribution in [-0.2, 0) is 26.6 Å². The predicted molar refractivity (Wildman–Crippen MR) is 104 cm³/mol. The van der Waals surface area contributed by atoms with E-state index in [-0.39, 0.29) is 6.61 Å². The van der Waals surface area contributed by atoms with Gasteiger partial charge in [-0.2, -0.15) is 5.10 Å². The fraction of sp³-hybridized carbons (Fsp3) is 0.500. The lowest BCUT2D eigenvalue weighted by Gasteiger charge is -2.22. The summed E-state index contributed by atoms with van der Waals surface area (Å²) in [5.41, 5.74) is 3.33. The Bertz CT molecular complexity index is 739. The molecule has 1 unspecified atom stereocenters. The number of aliphatic hydroxyl groups excluding tert-OH is 1. The maximum Gasteiger partial charge on any atom is 0.194 e. The van der Waals surface area contributed by atoms with E-state index in [0.717, 1.165) is 43.1 Å². The molecule has 0 aliphatic carbocycles. The van der Waals surface area contributed by atoms with Crippen molar-refractivity contribution in [1.29, 1.82) is 0 Å². The van der Waals surface area contributed by atoms with Crippen LogP contribution in [0.4, 0.5) is 0 Å². The Kier molecular flexibility index (Phi) is 6.28. The maximum absolute atomic E-state index is 9.49. The van der Waals surface area contributed by atoms with Gasteiger partial charge >= 0.3 is 0 Å². The summed E-state index contributed by atoms with van der Waals surface area (Å²) in [7, 11) is 1.96. The molecule has 1 aromatic carbocycles. The molecule has 1 atom stereocenters. The van der Waals surface area contributed by atoms with E-state index in [1.165, 1.54) is 12.0 Å². The first-order valence-corrected chi connectivity index (χ1v) is 9.38. The molecule has 2 heterocycles. The Balaban J connectivity index is 1.64. The average molecular weight is 355 g/mol. The molecule has 2 N–H and O–H groups in total. The number of aliphatic hydroxyl groups is 1. The summed E-state index contributed by atoms with van der Waals surface area (Å²) in [5, 5.41) is 17.2. The highest BCUT2D eigenvalue weighted by Gasteiger charge is 2.25. The predicted octanol–water partition coefficient (Wildman–Crippen LogP) is 1.94. The van der Waals surface area contributed by atoms with E-state index < -0.39 is 0 Å². The second-order valence-electron chi connectivity index (χ2n) is 6.92. The van der Waals surface area contributed by atoms with Gasteiger partial charge in [-0.1, -0.05) is 24.3 Å². The zero-order valence-electron chi connectivity index (χ0n) is 15.7. The van der Waals surface area contributed by atoms with Gasteiger partial charge in [-0.05, 0) is 42.4 Å². The molecule has 0 radical (unpaired) electrons. The third-order valence-corrected chi connectivity index (χ3v) is 4.89. The molecule has 0 amide bonds. The molecule has 1 fully saturated rings. The van der Waals surface area contributed by atoms with Crippen molar-refractivity contribution in [2.75, 3.05) is 19.6 Å². The zero-order valence-corrected chi connectivity index (χ0v) is 15.7. The van der Waals surface area contributed by atoms with Crippen molar-refractivity contribution in [3.05, 3.63) is 53.3 Å². The molecule has 6 nitrogen and oxygen atoms in total. The molecule has 0 saturated carbocycles. The quantitative estimate of drug-likeness (QED) is 0.614. The first-order chi connectivity index (χ1) is 12.7. The Labute approximate surface area is 155 Å². The third-order valence-electron chi connectivity index (χ3n) is 4.89. The number of nitrogens with zero attached hydrogens (tertiary/aromatic N) is 4. The van der Waals surface area contributed by atoms with Gasteiger partial charge in [0, 0.05) is 32.9 Å². The summed E-state index contributed by atoms with van der Waals surface area (Å²) >= 11 is 0. The van der Waals surface area contributed by atoms with Crippen LogP contribution in [0.25, 0.3) is 0 Å². The lowest BCUT2D eigenvalue weighted by molar-refractivity contribution is 0.280. The fourth-order valence-electron chi connectivity index (χ4n) is 3.55. The van der Waals surface area contributed by atoms with Crippen molar-refractivity contribution in [3.63, 3.8) is 0 Å². The minimum Gasteiger partial charge on any atom is -0.392 e. The third kappa shape index (κ3) is 4.64. The van der Waals surface area contributed by atoms with Crippen molar-refractivity contribution in [3.8, 4) is 0 Å². The van der Waals surface area contributed by atoms with Gasteiger partial charge in [-0.15, -0.1) is 0 Å². The average Bonchev–Trinajstić information content (AvgIpc) is 3.28. The molecule has 140 valence electrons. The van der Waals surface area contributed by atoms with Gasteiger partial charge in [-0.3, -0.25) is 4.68 Å². The second kappa shape index (κ2) is 8.85. The van der Waals surface area contributed by atoms with Gasteiger partial charge in [-0.25, -0.2) is 4.99 Å². The Morgan fingerprint density at radius 2 is 2.15 bits per heavy atom. The lowest BCUT2D eigenvalue weighted by atomic mass is 10.0. The highest BCUT2D eigenvalue weighted by atomic mass is 16.3. The van der Waals surface area contributed by atoms with E-state index in [1.807, 2.05) is 42.2 Å². The Hall–Kier alpha value is -2.34. The van der Waals surface area contributed by atoms with Gasteiger partial charge in [0.25, 0.3) is 0 Å². The Morgan fingerprint density at radius 1 is 1.35 bits per heavy atom. The minimum absolute atomic E-state index is 0.0547. The van der Waals surface area contributed by atoms with E-state index in [1.54, 1.807) is 0 Å². The normalized spacial score (nSPS) is 17.7. The summed E-state index contributed by atoms with van der Waals surface area (Å²) in [4.78, 5) is 7.18. The summed E-state index contributed by atoms with van der Waals surface area (Å²) in [6.07, 6.45) is 6.31. The number of hydrogen-bond acceptors (Lipinski definition) is 3. The maximum atomic E-state index is 9.49. The number of nitrogens with one attached hydrogen (secondary N) is 1. The van der Waals surface area contributed by atoms with Crippen LogP contribution in [0.3, 0.4) is 0 Å². The van der Waals surface area contributed by atoms with Crippen LogP contribution in [0.1, 0.15) is 30.0 Å². The fourth-order valence-corrected chi connectivity index (χ4v) is 3.55. The molecule has 0 bridgehead atoms. The first kappa shape index (κ1) is 18.5. The molecular weight excluding hydrogens is 326 g/mol. The highest BCUT2D eigenvalue weighted by molar-refractivity contribution is 5.80. The number of aromatic nitrogens is 2. The van der Waals surface area contributed by atoms with Gasteiger partial charge in [0.05, 0.1) is 19.3 Å². The smallest absolute Gasteiger partial charge is 0.194 e. The molecule has 2 aromatic rings. The van der Waals surface area contributed by atoms with E-state index in [4.69, 9.17) is 4.99 Å². The molecule has 26 heavy (non-hydrogen) atoms. The van der Waals surface area contributed by atoms with Gasteiger partial charge in [0.2, 0.25) is 0 Å². The van der Waals surface area contributed by atoms with Gasteiger partial charge in [0.1, 0.15) is 0 Å². The van der Waals surface area contributed by atoms with E-state index >= 15 is 0 Å². The van der Waals surface area contributed by atoms with Crippen LogP contribution in [0, 0.1) is 5.92 Å². The molecule has 0 spiro atoms. The lowest BCUT2D eigenvalue weighted by Crippen LogP contribution is -2.40. The summed E-state index contributed by atoms with van der Waals surface area (Å²) < 4.78 is 1.87. The van der Waals surface area contributed by atoms with Crippen LogP contribution in [0.5, 0.6) is 0 Å². The molecule has 1 saturated heterocycles. The summed E-state index contributed by atoms with van der Waals surface area (Å²) in [5.74, 6) is 1.60. The van der Waals surface area contributed by atoms with Gasteiger partial charge < -0.3 is 15.3 Å². The Morgan fingerprint density at radius 3 is 2.85 bits per heavy atom. The van der Waals surface area contributed by atoms with Crippen LogP contribution < -0.4 is 5.32 Å². The second-order valence-corrected chi connectivity index (χ2v) is 6.92. The summed E-state index contributed by atoms with van der Waals surface area (Å²) in [6.45, 7) is 5.63. The number of guanidine groups is 1. The van der Waals surface area contributed by atoms with Crippen LogP contribution in [0.15, 0.2) is 41.7 Å². The molecule has 1 aliphatic rings. The summed E-state index contributed by atoms with van der Waals surface area (Å²) in [6, 6.07) is 7.94. The first-order valence-electron chi connectivity index (χ1n) is 9.38. The molecule has 3 rings (SSSR count). The van der Waals surface area contributed by atoms with Crippen LogP contribution in [-0.4, -0.2) is 45.4 Å². The number of rotatable bonds is 6. The van der Waals surface area contributed by atoms with Crippen molar-refractivity contribution in [1.82, 2.24) is 20.0 Å². The van der Waals surface area contributed by atoms with E-state index in [0.29, 0.717) is 12.5 Å². The monoisotopic (exact) mass is 355 g/mol. The number of hydrogen-bond donors (Lipinski definition) is 2. The molecule has 1 aromatic heterocycles. The van der Waals surface area contributed by atoms with Crippen molar-refractivity contribution >= 4 is 5.96 Å². The number of aliphatic imine (C=N–C) groups is 1. The largest absolute Gasteiger partial charge is 0.392 e. The number of aryl methyl sites for hydroxylation is 1. The standard InChI is InChI=1S/C20H29N5O/c1-3-21-20(22-12-18-6-4-5-7-19(18)15-26)25-9-8-16(14-25)10-17-11-23-24(2)13-17/h4-7,11,13,16,26H,3,8-10,12,14-15H2,1-2H3,(H,21,22). The van der Waals surface area contributed by atoms with Crippen molar-refractivity contribution < 1.29 is 5.11 Å². The van der Waals surface area contributed by atoms with Crippen molar-refractivity contribution in [2.24, 2.45) is 18.0 Å². The molecular formula is C20H29N5O. The van der Waals surface area contributed by atoms with Crippen LogP contribution >= 0.6 is 0 Å². The van der Waals surface area contributed by atoms with E-state index in [9.17, 15) is 5.11 Å². The minimum atomic E-state index is 0.0547. The molecule has 6 heteroatoms. The topological polar surface area (TPSA) is 65.7 Å². The SMILES string of the molecule is CCNC(=NCc1ccccc1CO)N1CCC(Cc2cnn(C)c2)C1. The van der Waals surface area contributed by atoms with E-state index in [2.05, 4.69) is 28.4 Å².